The van der Waals surface area contributed by atoms with Crippen LogP contribution in [0, 0.1) is 6.92 Å². The van der Waals surface area contributed by atoms with Gasteiger partial charge in [0, 0.05) is 28.7 Å². The third-order valence-corrected chi connectivity index (χ3v) is 6.95. The van der Waals surface area contributed by atoms with Crippen molar-refractivity contribution in [2.45, 2.75) is 52.5 Å². The summed E-state index contributed by atoms with van der Waals surface area (Å²) in [5.41, 5.74) is 4.11. The first-order chi connectivity index (χ1) is 16.5. The number of ether oxygens (including phenoxy) is 1. The highest BCUT2D eigenvalue weighted by Gasteiger charge is 2.23. The number of furan rings is 1. The summed E-state index contributed by atoms with van der Waals surface area (Å²) in [6.45, 7) is 6.23. The number of carbonyl (C=O) groups is 1. The molecule has 4 rings (SSSR count). The maximum atomic E-state index is 13.3. The Kier molecular flexibility index (Phi) is 7.53. The number of benzene rings is 1. The zero-order valence-electron chi connectivity index (χ0n) is 20.1. The lowest BCUT2D eigenvalue weighted by atomic mass is 10.1. The molecule has 0 aliphatic carbocycles. The van der Waals surface area contributed by atoms with Crippen LogP contribution in [0.5, 0.6) is 5.75 Å². The number of nitrogens with zero attached hydrogens (tertiary/aromatic N) is 2. The van der Waals surface area contributed by atoms with E-state index < -0.39 is 0 Å². The van der Waals surface area contributed by atoms with Crippen molar-refractivity contribution in [1.82, 2.24) is 14.9 Å². The minimum Gasteiger partial charge on any atom is -0.497 e. The Bertz CT molecular complexity index is 1220. The lowest BCUT2D eigenvalue weighted by Crippen LogP contribution is -2.34. The highest BCUT2D eigenvalue weighted by atomic mass is 32.1. The smallest absolute Gasteiger partial charge is 0.253 e. The fraction of sp³-hybridized carbons (Fsp3) is 0.333. The molecule has 1 N–H and O–H groups in total. The van der Waals surface area contributed by atoms with Crippen molar-refractivity contribution in [1.29, 1.82) is 0 Å². The maximum Gasteiger partial charge on any atom is 0.253 e. The molecule has 34 heavy (non-hydrogen) atoms. The molecule has 0 radical (unpaired) electrons. The summed E-state index contributed by atoms with van der Waals surface area (Å²) in [6.07, 6.45) is 5.75. The van der Waals surface area contributed by atoms with Gasteiger partial charge in [-0.3, -0.25) is 9.36 Å². The number of thiazole rings is 1. The van der Waals surface area contributed by atoms with Gasteiger partial charge in [-0.15, -0.1) is 11.3 Å². The number of amides is 1. The van der Waals surface area contributed by atoms with Crippen LogP contribution in [0.2, 0.25) is 0 Å². The van der Waals surface area contributed by atoms with E-state index in [1.54, 1.807) is 24.7 Å². The van der Waals surface area contributed by atoms with Crippen LogP contribution < -0.4 is 10.1 Å². The Morgan fingerprint density at radius 2 is 2.03 bits per heavy atom. The second-order valence-electron chi connectivity index (χ2n) is 8.30. The second-order valence-corrected chi connectivity index (χ2v) is 9.16. The molecular weight excluding hydrogens is 446 g/mol. The van der Waals surface area contributed by atoms with E-state index in [0.29, 0.717) is 11.4 Å². The summed E-state index contributed by atoms with van der Waals surface area (Å²) < 4.78 is 13.0. The molecule has 0 spiro atoms. The number of aromatic nitrogens is 2. The van der Waals surface area contributed by atoms with Crippen molar-refractivity contribution in [3.63, 3.8) is 0 Å². The zero-order valence-corrected chi connectivity index (χ0v) is 20.9. The van der Waals surface area contributed by atoms with Crippen molar-refractivity contribution in [2.24, 2.45) is 0 Å². The van der Waals surface area contributed by atoms with Crippen LogP contribution in [-0.2, 0) is 0 Å². The SMILES string of the molecule is CCCCC(CC)NC(=O)c1cc(-c2csc(-c3ccc(OC)cc3)n2)n(-c2ccco2)c1C. The Hall–Kier alpha value is -3.32. The largest absolute Gasteiger partial charge is 0.497 e. The Balaban J connectivity index is 1.70. The van der Waals surface area contributed by atoms with Gasteiger partial charge in [-0.1, -0.05) is 26.7 Å². The van der Waals surface area contributed by atoms with Crippen molar-refractivity contribution in [2.75, 3.05) is 7.11 Å². The molecule has 0 saturated carbocycles. The van der Waals surface area contributed by atoms with Crippen molar-refractivity contribution < 1.29 is 13.9 Å². The molecule has 4 aromatic rings. The number of unbranched alkanes of at least 4 members (excludes halogenated alkanes) is 1. The van der Waals surface area contributed by atoms with Gasteiger partial charge in [0.1, 0.15) is 10.8 Å². The number of carbonyl (C=O) groups excluding carboxylic acids is 1. The van der Waals surface area contributed by atoms with Gasteiger partial charge in [-0.25, -0.2) is 4.98 Å². The fourth-order valence-electron chi connectivity index (χ4n) is 4.06. The first kappa shape index (κ1) is 23.8. The molecule has 6 nitrogen and oxygen atoms in total. The maximum absolute atomic E-state index is 13.3. The normalized spacial score (nSPS) is 12.0. The fourth-order valence-corrected chi connectivity index (χ4v) is 4.88. The molecule has 1 unspecified atom stereocenters. The van der Waals surface area contributed by atoms with E-state index in [4.69, 9.17) is 14.1 Å². The van der Waals surface area contributed by atoms with Crippen LogP contribution in [0.4, 0.5) is 0 Å². The lowest BCUT2D eigenvalue weighted by molar-refractivity contribution is 0.0932. The van der Waals surface area contributed by atoms with E-state index in [-0.39, 0.29) is 11.9 Å². The summed E-state index contributed by atoms with van der Waals surface area (Å²) in [4.78, 5) is 18.2. The second kappa shape index (κ2) is 10.7. The summed E-state index contributed by atoms with van der Waals surface area (Å²) in [7, 11) is 1.65. The summed E-state index contributed by atoms with van der Waals surface area (Å²) in [6, 6.07) is 13.7. The molecule has 3 heterocycles. The summed E-state index contributed by atoms with van der Waals surface area (Å²) in [5, 5.41) is 6.15. The molecule has 0 aliphatic heterocycles. The third kappa shape index (κ3) is 4.94. The van der Waals surface area contributed by atoms with Crippen LogP contribution in [0.25, 0.3) is 27.8 Å². The van der Waals surface area contributed by atoms with E-state index in [1.165, 1.54) is 0 Å². The number of nitrogens with one attached hydrogen (secondary N) is 1. The first-order valence-electron chi connectivity index (χ1n) is 11.7. The first-order valence-corrected chi connectivity index (χ1v) is 12.6. The van der Waals surface area contributed by atoms with E-state index >= 15 is 0 Å². The van der Waals surface area contributed by atoms with Gasteiger partial charge in [0.2, 0.25) is 5.88 Å². The van der Waals surface area contributed by atoms with Gasteiger partial charge >= 0.3 is 0 Å². The van der Waals surface area contributed by atoms with Gasteiger partial charge in [-0.2, -0.15) is 0 Å². The quantitative estimate of drug-likeness (QED) is 0.270. The van der Waals surface area contributed by atoms with Gasteiger partial charge in [0.25, 0.3) is 5.91 Å². The van der Waals surface area contributed by atoms with Crippen molar-refractivity contribution in [3.05, 3.63) is 65.4 Å². The zero-order chi connectivity index (χ0) is 24.1. The Morgan fingerprint density at radius 1 is 1.24 bits per heavy atom. The van der Waals surface area contributed by atoms with Gasteiger partial charge in [0.05, 0.1) is 30.3 Å². The molecule has 1 atom stereocenters. The minimum absolute atomic E-state index is 0.0578. The van der Waals surface area contributed by atoms with Gasteiger partial charge in [-0.05, 0) is 56.2 Å². The molecular formula is C27H31N3O3S. The summed E-state index contributed by atoms with van der Waals surface area (Å²) in [5.74, 6) is 1.41. The van der Waals surface area contributed by atoms with E-state index in [1.807, 2.05) is 59.3 Å². The van der Waals surface area contributed by atoms with Gasteiger partial charge in [0.15, 0.2) is 0 Å². The number of methoxy groups -OCH3 is 1. The highest BCUT2D eigenvalue weighted by Crippen LogP contribution is 2.34. The molecule has 0 bridgehead atoms. The Morgan fingerprint density at radius 3 is 2.68 bits per heavy atom. The number of hydrogen-bond donors (Lipinski definition) is 1. The predicted octanol–water partition coefficient (Wildman–Crippen LogP) is 6.88. The predicted molar refractivity (Wildman–Crippen MR) is 137 cm³/mol. The standard InChI is InChI=1S/C27H31N3O3S/c1-5-7-9-20(6-2)28-26(31)22-16-24(30(18(22)3)25-10-8-15-33-25)23-17-34-27(29-23)19-11-13-21(32-4)14-12-19/h8,10-17,20H,5-7,9H2,1-4H3,(H,28,31). The third-order valence-electron chi connectivity index (χ3n) is 6.06. The topological polar surface area (TPSA) is 69.3 Å². The van der Waals surface area contributed by atoms with Crippen LogP contribution >= 0.6 is 11.3 Å². The van der Waals surface area contributed by atoms with Gasteiger partial charge < -0.3 is 14.5 Å². The minimum atomic E-state index is -0.0578. The summed E-state index contributed by atoms with van der Waals surface area (Å²) >= 11 is 1.57. The van der Waals surface area contributed by atoms with Crippen LogP contribution in [0.15, 0.2) is 58.5 Å². The lowest BCUT2D eigenvalue weighted by Gasteiger charge is -2.16. The van der Waals surface area contributed by atoms with Crippen molar-refractivity contribution >= 4 is 17.2 Å². The Labute approximate surface area is 204 Å². The molecule has 3 aromatic heterocycles. The van der Waals surface area contributed by atoms with E-state index in [9.17, 15) is 4.79 Å². The number of hydrogen-bond acceptors (Lipinski definition) is 5. The highest BCUT2D eigenvalue weighted by molar-refractivity contribution is 7.13. The molecule has 1 amide bonds. The average Bonchev–Trinajstić information content (AvgIpc) is 3.61. The van der Waals surface area contributed by atoms with Crippen LogP contribution in [0.1, 0.15) is 55.6 Å². The van der Waals surface area contributed by atoms with E-state index in [0.717, 1.165) is 59.1 Å². The molecule has 1 aromatic carbocycles. The number of rotatable bonds is 10. The average molecular weight is 478 g/mol. The van der Waals surface area contributed by atoms with Crippen molar-refractivity contribution in [3.8, 4) is 33.6 Å². The van der Waals surface area contributed by atoms with E-state index in [2.05, 4.69) is 19.2 Å². The molecule has 0 fully saturated rings. The molecule has 7 heteroatoms. The monoisotopic (exact) mass is 477 g/mol. The molecule has 0 aliphatic rings. The molecule has 178 valence electrons. The van der Waals surface area contributed by atoms with Crippen LogP contribution in [-0.4, -0.2) is 28.6 Å². The molecule has 0 saturated heterocycles. The van der Waals surface area contributed by atoms with Crippen LogP contribution in [0.3, 0.4) is 0 Å².